The number of carbonyl (C=O) groups is 4. The topological polar surface area (TPSA) is 86.7 Å². The van der Waals surface area contributed by atoms with Gasteiger partial charge in [0.1, 0.15) is 0 Å². The summed E-state index contributed by atoms with van der Waals surface area (Å²) < 4.78 is 11.5. The third-order valence-electron chi connectivity index (χ3n) is 5.63. The minimum atomic E-state index is -0.367. The molecule has 5 rings (SSSR count). The van der Waals surface area contributed by atoms with E-state index >= 15 is 0 Å². The Morgan fingerprint density at radius 3 is 1.26 bits per heavy atom. The number of carbonyl (C=O) groups excluding carboxylic acids is 4. The molecular formula is C26H20O6S2. The van der Waals surface area contributed by atoms with Crippen LogP contribution in [0.1, 0.15) is 54.3 Å². The Morgan fingerprint density at radius 1 is 0.529 bits per heavy atom. The molecular weight excluding hydrogens is 472 g/mol. The third-order valence-corrected chi connectivity index (χ3v) is 8.10. The summed E-state index contributed by atoms with van der Waals surface area (Å²) in [6, 6.07) is 13.5. The van der Waals surface area contributed by atoms with Crippen LogP contribution in [0.3, 0.4) is 0 Å². The zero-order chi connectivity index (χ0) is 23.7. The van der Waals surface area contributed by atoms with Crippen molar-refractivity contribution in [3.05, 3.63) is 92.1 Å². The zero-order valence-electron chi connectivity index (χ0n) is 18.1. The molecule has 0 saturated heterocycles. The van der Waals surface area contributed by atoms with Crippen LogP contribution in [0, 0.1) is 0 Å². The van der Waals surface area contributed by atoms with E-state index in [9.17, 15) is 19.2 Å². The van der Waals surface area contributed by atoms with Gasteiger partial charge in [-0.3, -0.25) is 19.2 Å². The standard InChI is InChI=1S/C26H20O6S2/c27-19-15-7-1-2-8-16(15)20(28)24-23(19)31-11-5-13-33-25-21(29)17-9-3-4-10-18(17)22(30)26(25)34-14-6-12-32-24/h1-4,7-10H,5-6,11-14H2. The lowest BCUT2D eigenvalue weighted by Gasteiger charge is -2.23. The molecule has 6 nitrogen and oxygen atoms in total. The first-order valence-corrected chi connectivity index (χ1v) is 12.9. The number of hydrogen-bond acceptors (Lipinski definition) is 8. The highest BCUT2D eigenvalue weighted by Gasteiger charge is 2.36. The number of Topliss-reactive ketones (excluding diaryl/α,β-unsaturated/α-hetero) is 4. The second kappa shape index (κ2) is 9.64. The first-order valence-electron chi connectivity index (χ1n) is 10.9. The van der Waals surface area contributed by atoms with Crippen molar-refractivity contribution >= 4 is 46.7 Å². The Hall–Kier alpha value is -3.10. The van der Waals surface area contributed by atoms with Crippen LogP contribution in [-0.4, -0.2) is 47.9 Å². The normalized spacial score (nSPS) is 19.3. The van der Waals surface area contributed by atoms with Gasteiger partial charge in [0.15, 0.2) is 0 Å². The zero-order valence-corrected chi connectivity index (χ0v) is 19.8. The van der Waals surface area contributed by atoms with Crippen LogP contribution in [0.4, 0.5) is 0 Å². The first-order chi connectivity index (χ1) is 16.6. The molecule has 0 bridgehead atoms. The van der Waals surface area contributed by atoms with Crippen LogP contribution in [0.25, 0.3) is 0 Å². The maximum atomic E-state index is 13.1. The van der Waals surface area contributed by atoms with Crippen LogP contribution >= 0.6 is 23.5 Å². The molecule has 0 radical (unpaired) electrons. The lowest BCUT2D eigenvalue weighted by Crippen LogP contribution is -2.26. The molecule has 2 aromatic carbocycles. The third kappa shape index (κ3) is 4.01. The molecule has 3 aliphatic rings. The maximum absolute atomic E-state index is 13.1. The Morgan fingerprint density at radius 2 is 0.882 bits per heavy atom. The average molecular weight is 493 g/mol. The summed E-state index contributed by atoms with van der Waals surface area (Å²) in [5, 5.41) is 0. The van der Waals surface area contributed by atoms with E-state index in [0.29, 0.717) is 56.4 Å². The molecule has 0 N–H and O–H groups in total. The Balaban J connectivity index is 1.39. The van der Waals surface area contributed by atoms with Gasteiger partial charge >= 0.3 is 0 Å². The first kappa shape index (κ1) is 22.7. The SMILES string of the molecule is O=C1C2=C(OCCCSC3=C(SCCCO2)C(=O)c2ccccc2C3=O)C(=O)c2ccccc21. The quantitative estimate of drug-likeness (QED) is 0.515. The van der Waals surface area contributed by atoms with E-state index in [2.05, 4.69) is 0 Å². The van der Waals surface area contributed by atoms with Gasteiger partial charge in [-0.1, -0.05) is 48.5 Å². The highest BCUT2D eigenvalue weighted by molar-refractivity contribution is 8.08. The fourth-order valence-corrected chi connectivity index (χ4v) is 6.21. The molecule has 0 spiro atoms. The van der Waals surface area contributed by atoms with Crippen molar-refractivity contribution in [2.24, 2.45) is 0 Å². The molecule has 0 unspecified atom stereocenters. The number of allylic oxidation sites excluding steroid dienone is 4. The monoisotopic (exact) mass is 492 g/mol. The van der Waals surface area contributed by atoms with Crippen molar-refractivity contribution in [1.82, 2.24) is 0 Å². The highest BCUT2D eigenvalue weighted by Crippen LogP contribution is 2.39. The number of hydrogen-bond donors (Lipinski definition) is 0. The van der Waals surface area contributed by atoms with Crippen molar-refractivity contribution in [2.45, 2.75) is 12.8 Å². The minimum absolute atomic E-state index is 0.0591. The van der Waals surface area contributed by atoms with E-state index in [-0.39, 0.29) is 47.9 Å². The second-order valence-electron chi connectivity index (χ2n) is 7.83. The summed E-state index contributed by atoms with van der Waals surface area (Å²) in [6.07, 6.45) is 1.02. The largest absolute Gasteiger partial charge is 0.486 e. The predicted octanol–water partition coefficient (Wildman–Crippen LogP) is 4.86. The summed E-state index contributed by atoms with van der Waals surface area (Å²) in [6.45, 7) is 0.343. The molecule has 0 fully saturated rings. The van der Waals surface area contributed by atoms with Crippen molar-refractivity contribution in [3.63, 3.8) is 0 Å². The van der Waals surface area contributed by atoms with Gasteiger partial charge < -0.3 is 9.47 Å². The molecule has 1 heterocycles. The van der Waals surface area contributed by atoms with E-state index in [4.69, 9.17) is 9.47 Å². The van der Waals surface area contributed by atoms with Crippen molar-refractivity contribution < 1.29 is 28.7 Å². The molecule has 34 heavy (non-hydrogen) atoms. The van der Waals surface area contributed by atoms with Gasteiger partial charge in [-0.25, -0.2) is 0 Å². The number of benzene rings is 2. The average Bonchev–Trinajstić information content (AvgIpc) is 2.86. The number of ketones is 4. The lowest BCUT2D eigenvalue weighted by molar-refractivity contribution is 0.0753. The van der Waals surface area contributed by atoms with Gasteiger partial charge in [0.25, 0.3) is 0 Å². The molecule has 8 heteroatoms. The molecule has 0 amide bonds. The van der Waals surface area contributed by atoms with Gasteiger partial charge in [-0.15, -0.1) is 23.5 Å². The van der Waals surface area contributed by atoms with Crippen LogP contribution in [-0.2, 0) is 9.47 Å². The molecule has 1 aliphatic heterocycles. The van der Waals surface area contributed by atoms with Gasteiger partial charge in [-0.05, 0) is 12.8 Å². The second-order valence-corrected chi connectivity index (χ2v) is 10.0. The highest BCUT2D eigenvalue weighted by atomic mass is 32.2. The van der Waals surface area contributed by atoms with Gasteiger partial charge in [0.2, 0.25) is 34.7 Å². The van der Waals surface area contributed by atoms with Gasteiger partial charge in [0, 0.05) is 33.8 Å². The molecule has 0 atom stereocenters. The van der Waals surface area contributed by atoms with Crippen molar-refractivity contribution in [1.29, 1.82) is 0 Å². The summed E-state index contributed by atoms with van der Waals surface area (Å²) in [7, 11) is 0. The number of ether oxygens (including phenoxy) is 2. The summed E-state index contributed by atoms with van der Waals surface area (Å²) >= 11 is 2.67. The minimum Gasteiger partial charge on any atom is -0.486 e. The van der Waals surface area contributed by atoms with E-state index < -0.39 is 0 Å². The number of fused-ring (bicyclic) bond motifs is 2. The van der Waals surface area contributed by atoms with E-state index in [0.717, 1.165) is 0 Å². The fourth-order valence-electron chi connectivity index (χ4n) is 4.00. The Labute approximate surface area is 204 Å². The molecule has 2 aromatic rings. The summed E-state index contributed by atoms with van der Waals surface area (Å²) in [5.74, 6) is -0.0931. The van der Waals surface area contributed by atoms with E-state index in [1.807, 2.05) is 0 Å². The summed E-state index contributed by atoms with van der Waals surface area (Å²) in [4.78, 5) is 53.2. The van der Waals surface area contributed by atoms with Crippen LogP contribution in [0.5, 0.6) is 0 Å². The van der Waals surface area contributed by atoms with E-state index in [1.165, 1.54) is 23.5 Å². The van der Waals surface area contributed by atoms with Crippen LogP contribution in [0.2, 0.25) is 0 Å². The number of thioether (sulfide) groups is 2. The molecule has 172 valence electrons. The summed E-state index contributed by atoms with van der Waals surface area (Å²) in [5.41, 5.74) is 1.47. The van der Waals surface area contributed by atoms with Crippen LogP contribution in [0.15, 0.2) is 69.9 Å². The lowest BCUT2D eigenvalue weighted by atomic mass is 9.92. The molecule has 0 aromatic heterocycles. The van der Waals surface area contributed by atoms with Gasteiger partial charge in [0.05, 0.1) is 23.0 Å². The Bertz CT molecular complexity index is 1100. The van der Waals surface area contributed by atoms with Crippen LogP contribution < -0.4 is 0 Å². The number of rotatable bonds is 0. The Kier molecular flexibility index (Phi) is 6.43. The molecule has 0 saturated carbocycles. The van der Waals surface area contributed by atoms with Crippen molar-refractivity contribution in [3.8, 4) is 0 Å². The van der Waals surface area contributed by atoms with Crippen molar-refractivity contribution in [2.75, 3.05) is 24.7 Å². The van der Waals surface area contributed by atoms with Gasteiger partial charge in [-0.2, -0.15) is 0 Å². The maximum Gasteiger partial charge on any atom is 0.232 e. The predicted molar refractivity (Wildman–Crippen MR) is 130 cm³/mol. The smallest absolute Gasteiger partial charge is 0.232 e. The fraction of sp³-hybridized carbons (Fsp3) is 0.231. The van der Waals surface area contributed by atoms with E-state index in [1.54, 1.807) is 48.5 Å². The molecule has 2 aliphatic carbocycles.